The van der Waals surface area contributed by atoms with Crippen LogP contribution in [0.25, 0.3) is 0 Å². The Balaban J connectivity index is 1.43. The molecule has 8 heteroatoms. The Morgan fingerprint density at radius 1 is 1.26 bits per heavy atom. The van der Waals surface area contributed by atoms with E-state index >= 15 is 0 Å². The third-order valence-corrected chi connectivity index (χ3v) is 6.65. The second-order valence-corrected chi connectivity index (χ2v) is 9.06. The molecule has 2 atom stereocenters. The van der Waals surface area contributed by atoms with E-state index in [0.29, 0.717) is 56.2 Å². The maximum Gasteiger partial charge on any atom is 0.255 e. The van der Waals surface area contributed by atoms with Crippen LogP contribution in [0.1, 0.15) is 40.4 Å². The highest BCUT2D eigenvalue weighted by atomic mass is 19.1. The van der Waals surface area contributed by atoms with Gasteiger partial charge in [-0.05, 0) is 61.7 Å². The van der Waals surface area contributed by atoms with Crippen LogP contribution >= 0.6 is 0 Å². The number of benzene rings is 2. The van der Waals surface area contributed by atoms with E-state index in [0.717, 1.165) is 17.5 Å². The van der Waals surface area contributed by atoms with Crippen molar-refractivity contribution in [2.75, 3.05) is 38.2 Å². The molecule has 2 aliphatic rings. The molecule has 178 valence electrons. The summed E-state index contributed by atoms with van der Waals surface area (Å²) >= 11 is 0. The fourth-order valence-corrected chi connectivity index (χ4v) is 4.66. The van der Waals surface area contributed by atoms with Gasteiger partial charge in [-0.2, -0.15) is 5.26 Å². The quantitative estimate of drug-likeness (QED) is 0.734. The third-order valence-electron chi connectivity index (χ3n) is 6.65. The van der Waals surface area contributed by atoms with Crippen molar-refractivity contribution < 1.29 is 18.7 Å². The molecule has 2 aromatic carbocycles. The number of anilines is 1. The van der Waals surface area contributed by atoms with Crippen molar-refractivity contribution in [3.63, 3.8) is 0 Å². The number of hydrogen-bond donors (Lipinski definition) is 1. The molecular formula is C26H29FN4O3. The Morgan fingerprint density at radius 2 is 2.09 bits per heavy atom. The minimum atomic E-state index is -0.426. The number of carbonyl (C=O) groups is 2. The molecule has 2 heterocycles. The molecule has 0 radical (unpaired) electrons. The van der Waals surface area contributed by atoms with Crippen molar-refractivity contribution in [1.82, 2.24) is 9.80 Å². The van der Waals surface area contributed by atoms with E-state index in [-0.39, 0.29) is 17.9 Å². The second kappa shape index (κ2) is 10.3. The number of hydrogen-bond acceptors (Lipinski definition) is 5. The fourth-order valence-electron chi connectivity index (χ4n) is 4.66. The molecule has 2 aliphatic heterocycles. The lowest BCUT2D eigenvalue weighted by atomic mass is 10.0. The molecule has 2 saturated heterocycles. The zero-order valence-corrected chi connectivity index (χ0v) is 19.5. The highest BCUT2D eigenvalue weighted by Crippen LogP contribution is 2.25. The fraction of sp³-hybridized carbons (Fsp3) is 0.423. The predicted octanol–water partition coefficient (Wildman–Crippen LogP) is 3.33. The second-order valence-electron chi connectivity index (χ2n) is 9.06. The van der Waals surface area contributed by atoms with E-state index in [4.69, 9.17) is 10.00 Å². The van der Waals surface area contributed by atoms with Crippen LogP contribution in [-0.2, 0) is 16.1 Å². The Morgan fingerprint density at radius 3 is 2.79 bits per heavy atom. The van der Waals surface area contributed by atoms with Gasteiger partial charge in [-0.15, -0.1) is 0 Å². The summed E-state index contributed by atoms with van der Waals surface area (Å²) in [6, 6.07) is 11.3. The van der Waals surface area contributed by atoms with E-state index in [1.807, 2.05) is 24.8 Å². The van der Waals surface area contributed by atoms with Gasteiger partial charge in [0.1, 0.15) is 5.82 Å². The Labute approximate surface area is 199 Å². The number of nitriles is 1. The molecule has 34 heavy (non-hydrogen) atoms. The molecule has 0 aliphatic carbocycles. The first-order valence-electron chi connectivity index (χ1n) is 11.6. The first-order chi connectivity index (χ1) is 16.4. The largest absolute Gasteiger partial charge is 0.381 e. The lowest BCUT2D eigenvalue weighted by molar-refractivity contribution is -0.140. The molecule has 1 unspecified atom stereocenters. The van der Waals surface area contributed by atoms with Gasteiger partial charge < -0.3 is 15.0 Å². The van der Waals surface area contributed by atoms with Crippen LogP contribution in [0.2, 0.25) is 0 Å². The summed E-state index contributed by atoms with van der Waals surface area (Å²) < 4.78 is 19.8. The van der Waals surface area contributed by atoms with Crippen LogP contribution < -0.4 is 5.32 Å². The van der Waals surface area contributed by atoms with E-state index in [2.05, 4.69) is 10.2 Å². The van der Waals surface area contributed by atoms with Gasteiger partial charge in [-0.1, -0.05) is 6.07 Å². The summed E-state index contributed by atoms with van der Waals surface area (Å²) in [5, 5.41) is 11.9. The summed E-state index contributed by atoms with van der Waals surface area (Å²) in [6.07, 6.45) is 0.781. The predicted molar refractivity (Wildman–Crippen MR) is 126 cm³/mol. The van der Waals surface area contributed by atoms with Crippen LogP contribution in [0, 0.1) is 30.0 Å². The summed E-state index contributed by atoms with van der Waals surface area (Å²) in [6.45, 7) is 7.59. The van der Waals surface area contributed by atoms with Gasteiger partial charge in [0.05, 0.1) is 24.2 Å². The monoisotopic (exact) mass is 464 g/mol. The molecule has 0 aromatic heterocycles. The highest BCUT2D eigenvalue weighted by Gasteiger charge is 2.33. The highest BCUT2D eigenvalue weighted by molar-refractivity contribution is 6.04. The molecule has 2 aromatic rings. The summed E-state index contributed by atoms with van der Waals surface area (Å²) in [5.74, 6) is -0.699. The molecule has 0 saturated carbocycles. The molecule has 0 bridgehead atoms. The first kappa shape index (κ1) is 23.9. The molecule has 4 rings (SSSR count). The lowest BCUT2D eigenvalue weighted by Gasteiger charge is -2.41. The number of piperazine rings is 1. The van der Waals surface area contributed by atoms with Gasteiger partial charge in [0.15, 0.2) is 0 Å². The molecule has 2 amide bonds. The topological polar surface area (TPSA) is 85.7 Å². The first-order valence-corrected chi connectivity index (χ1v) is 11.6. The van der Waals surface area contributed by atoms with E-state index in [1.54, 1.807) is 18.2 Å². The van der Waals surface area contributed by atoms with Gasteiger partial charge >= 0.3 is 0 Å². The van der Waals surface area contributed by atoms with Crippen molar-refractivity contribution >= 4 is 17.5 Å². The molecular weight excluding hydrogens is 435 g/mol. The van der Waals surface area contributed by atoms with Gasteiger partial charge in [0, 0.05) is 50.1 Å². The lowest BCUT2D eigenvalue weighted by Crippen LogP contribution is -2.55. The third kappa shape index (κ3) is 5.27. The number of carbonyl (C=O) groups excluding carboxylic acids is 2. The van der Waals surface area contributed by atoms with Crippen molar-refractivity contribution in [2.45, 2.75) is 32.9 Å². The smallest absolute Gasteiger partial charge is 0.255 e. The minimum absolute atomic E-state index is 0.0421. The number of nitrogens with zero attached hydrogens (tertiary/aromatic N) is 3. The molecule has 2 fully saturated rings. The molecule has 1 N–H and O–H groups in total. The number of nitrogens with one attached hydrogen (secondary N) is 1. The number of amides is 2. The van der Waals surface area contributed by atoms with Gasteiger partial charge in [-0.25, -0.2) is 4.39 Å². The van der Waals surface area contributed by atoms with Crippen molar-refractivity contribution in [2.24, 2.45) is 5.92 Å². The number of halogens is 1. The Bertz CT molecular complexity index is 1120. The van der Waals surface area contributed by atoms with Crippen LogP contribution in [0.15, 0.2) is 36.4 Å². The average molecular weight is 465 g/mol. The Hall–Kier alpha value is -3.28. The van der Waals surface area contributed by atoms with Gasteiger partial charge in [0.2, 0.25) is 5.91 Å². The van der Waals surface area contributed by atoms with Gasteiger partial charge in [-0.3, -0.25) is 14.5 Å². The summed E-state index contributed by atoms with van der Waals surface area (Å²) in [7, 11) is 0. The Kier molecular flexibility index (Phi) is 7.25. The normalized spacial score (nSPS) is 20.7. The van der Waals surface area contributed by atoms with Crippen molar-refractivity contribution in [3.8, 4) is 6.07 Å². The van der Waals surface area contributed by atoms with Crippen LogP contribution in [-0.4, -0.2) is 60.5 Å². The van der Waals surface area contributed by atoms with Crippen molar-refractivity contribution in [3.05, 3.63) is 64.5 Å². The minimum Gasteiger partial charge on any atom is -0.381 e. The maximum atomic E-state index is 14.5. The van der Waals surface area contributed by atoms with Crippen LogP contribution in [0.5, 0.6) is 0 Å². The average Bonchev–Trinajstić information content (AvgIpc) is 3.37. The number of ether oxygens (including phenoxy) is 1. The van der Waals surface area contributed by atoms with E-state index < -0.39 is 11.7 Å². The van der Waals surface area contributed by atoms with Crippen LogP contribution in [0.3, 0.4) is 0 Å². The number of rotatable bonds is 5. The maximum absolute atomic E-state index is 14.5. The zero-order valence-electron chi connectivity index (χ0n) is 19.5. The molecule has 0 spiro atoms. The standard InChI is InChI=1S/C26H29FN4O3/c1-17-14-30(7-8-31(17)26(33)21-6-9-34-16-21)15-22-11-23(27)12-24(18(22)2)29-25(32)20-5-3-4-19(10-20)13-28/h3-5,10-12,17,21H,6-9,14-16H2,1-2H3,(H,29,32)/t17-,21?/m0/s1. The van der Waals surface area contributed by atoms with Crippen molar-refractivity contribution in [1.29, 1.82) is 5.26 Å². The summed E-state index contributed by atoms with van der Waals surface area (Å²) in [5.41, 5.74) is 2.71. The SMILES string of the molecule is Cc1c(CN2CCN(C(=O)C3CCOC3)[C@@H](C)C2)cc(F)cc1NC(=O)c1cccc(C#N)c1. The van der Waals surface area contributed by atoms with Gasteiger partial charge in [0.25, 0.3) is 5.91 Å². The van der Waals surface area contributed by atoms with E-state index in [1.165, 1.54) is 18.2 Å². The summed E-state index contributed by atoms with van der Waals surface area (Å²) in [4.78, 5) is 29.6. The zero-order chi connectivity index (χ0) is 24.2. The molecule has 7 nitrogen and oxygen atoms in total. The van der Waals surface area contributed by atoms with E-state index in [9.17, 15) is 14.0 Å². The van der Waals surface area contributed by atoms with Crippen LogP contribution in [0.4, 0.5) is 10.1 Å².